The number of methoxy groups -OCH3 is 1. The summed E-state index contributed by atoms with van der Waals surface area (Å²) in [4.78, 5) is 7.10. The van der Waals surface area contributed by atoms with E-state index in [0.717, 1.165) is 35.9 Å². The third-order valence-corrected chi connectivity index (χ3v) is 6.54. The summed E-state index contributed by atoms with van der Waals surface area (Å²) in [5.74, 6) is 0.617. The van der Waals surface area contributed by atoms with Crippen LogP contribution in [0.3, 0.4) is 0 Å². The van der Waals surface area contributed by atoms with Crippen LogP contribution in [0.4, 0.5) is 0 Å². The summed E-state index contributed by atoms with van der Waals surface area (Å²) >= 11 is 0. The van der Waals surface area contributed by atoms with Crippen LogP contribution in [0.1, 0.15) is 36.8 Å². The lowest BCUT2D eigenvalue weighted by atomic mass is 9.80. The first-order valence-electron chi connectivity index (χ1n) is 10.1. The molecule has 2 saturated heterocycles. The van der Waals surface area contributed by atoms with Gasteiger partial charge in [0.1, 0.15) is 0 Å². The first kappa shape index (κ1) is 17.7. The molecule has 0 saturated carbocycles. The van der Waals surface area contributed by atoms with Gasteiger partial charge < -0.3 is 9.84 Å². The monoisotopic (exact) mass is 374 g/mol. The molecule has 3 heterocycles. The molecule has 5 rings (SSSR count). The van der Waals surface area contributed by atoms with Crippen molar-refractivity contribution in [2.24, 2.45) is 0 Å². The van der Waals surface area contributed by atoms with E-state index in [4.69, 9.17) is 4.74 Å². The lowest BCUT2D eigenvalue weighted by molar-refractivity contribution is -0.0594. The second-order valence-electron chi connectivity index (χ2n) is 8.24. The number of benzene rings is 2. The van der Waals surface area contributed by atoms with E-state index < -0.39 is 5.60 Å². The Morgan fingerprint density at radius 1 is 1.04 bits per heavy atom. The second-order valence-corrected chi connectivity index (χ2v) is 8.24. The largest absolute Gasteiger partial charge is 0.481 e. The van der Waals surface area contributed by atoms with Gasteiger partial charge in [0.15, 0.2) is 0 Å². The molecule has 0 spiro atoms. The van der Waals surface area contributed by atoms with Gasteiger partial charge in [0.2, 0.25) is 5.88 Å². The normalized spacial score (nSPS) is 27.2. The maximum Gasteiger partial charge on any atom is 0.213 e. The SMILES string of the molecule is COc1ccc2cc(C3(O)CC4CCC(C3)N4Cc3ccccc3)ccc2n1. The molecule has 3 aromatic rings. The fraction of sp³-hybridized carbons (Fsp3) is 0.375. The molecule has 0 radical (unpaired) electrons. The predicted octanol–water partition coefficient (Wildman–Crippen LogP) is 4.26. The Morgan fingerprint density at radius 3 is 2.50 bits per heavy atom. The molecule has 2 aliphatic rings. The lowest BCUT2D eigenvalue weighted by Crippen LogP contribution is -2.49. The highest BCUT2D eigenvalue weighted by Gasteiger charge is 2.48. The second kappa shape index (κ2) is 6.87. The molecule has 4 heteroatoms. The van der Waals surface area contributed by atoms with Crippen LogP contribution in [0.2, 0.25) is 0 Å². The molecule has 2 unspecified atom stereocenters. The van der Waals surface area contributed by atoms with Crippen LogP contribution in [-0.4, -0.2) is 34.2 Å². The predicted molar refractivity (Wildman–Crippen MR) is 110 cm³/mol. The molecule has 1 N–H and O–H groups in total. The van der Waals surface area contributed by atoms with Gasteiger partial charge in [-0.2, -0.15) is 0 Å². The van der Waals surface area contributed by atoms with E-state index in [1.165, 1.54) is 18.4 Å². The number of aliphatic hydroxyl groups is 1. The molecule has 0 amide bonds. The third-order valence-electron chi connectivity index (χ3n) is 6.54. The van der Waals surface area contributed by atoms with Crippen LogP contribution < -0.4 is 4.74 Å². The average Bonchev–Trinajstić information content (AvgIpc) is 2.97. The van der Waals surface area contributed by atoms with Crippen molar-refractivity contribution in [1.82, 2.24) is 9.88 Å². The number of aromatic nitrogens is 1. The first-order chi connectivity index (χ1) is 13.6. The van der Waals surface area contributed by atoms with Gasteiger partial charge in [-0.3, -0.25) is 4.90 Å². The van der Waals surface area contributed by atoms with Crippen LogP contribution in [0, 0.1) is 0 Å². The third kappa shape index (κ3) is 3.07. The Morgan fingerprint density at radius 2 is 1.79 bits per heavy atom. The van der Waals surface area contributed by atoms with E-state index in [9.17, 15) is 5.11 Å². The Labute approximate surface area is 165 Å². The zero-order valence-corrected chi connectivity index (χ0v) is 16.2. The molecule has 2 aromatic carbocycles. The van der Waals surface area contributed by atoms with Gasteiger partial charge in [0.25, 0.3) is 0 Å². The lowest BCUT2D eigenvalue weighted by Gasteiger charge is -2.44. The van der Waals surface area contributed by atoms with Crippen LogP contribution in [0.15, 0.2) is 60.7 Å². The van der Waals surface area contributed by atoms with Crippen molar-refractivity contribution < 1.29 is 9.84 Å². The number of fused-ring (bicyclic) bond motifs is 3. The minimum atomic E-state index is -0.757. The summed E-state index contributed by atoms with van der Waals surface area (Å²) in [7, 11) is 1.63. The van der Waals surface area contributed by atoms with Gasteiger partial charge in [-0.15, -0.1) is 0 Å². The van der Waals surface area contributed by atoms with Crippen molar-refractivity contribution in [3.8, 4) is 5.88 Å². The molecule has 1 aromatic heterocycles. The van der Waals surface area contributed by atoms with Crippen molar-refractivity contribution in [3.05, 3.63) is 71.8 Å². The number of ether oxygens (including phenoxy) is 1. The van der Waals surface area contributed by atoms with Crippen molar-refractivity contribution in [3.63, 3.8) is 0 Å². The van der Waals surface area contributed by atoms with Crippen LogP contribution >= 0.6 is 0 Å². The molecular formula is C24H26N2O2. The van der Waals surface area contributed by atoms with Crippen LogP contribution in [-0.2, 0) is 12.1 Å². The summed E-state index contributed by atoms with van der Waals surface area (Å²) in [5, 5.41) is 12.6. The van der Waals surface area contributed by atoms with Gasteiger partial charge in [-0.25, -0.2) is 4.98 Å². The summed E-state index contributed by atoms with van der Waals surface area (Å²) in [6.45, 7) is 0.980. The Bertz CT molecular complexity index is 974. The van der Waals surface area contributed by atoms with Gasteiger partial charge in [0, 0.05) is 30.1 Å². The van der Waals surface area contributed by atoms with Crippen molar-refractivity contribution in [2.75, 3.05) is 7.11 Å². The van der Waals surface area contributed by atoms with E-state index in [1.807, 2.05) is 24.3 Å². The summed E-state index contributed by atoms with van der Waals surface area (Å²) in [5.41, 5.74) is 2.52. The van der Waals surface area contributed by atoms with Crippen molar-refractivity contribution >= 4 is 10.9 Å². The Balaban J connectivity index is 1.40. The topological polar surface area (TPSA) is 45.6 Å². The van der Waals surface area contributed by atoms with E-state index >= 15 is 0 Å². The molecule has 144 valence electrons. The molecule has 2 atom stereocenters. The zero-order chi connectivity index (χ0) is 19.1. The molecule has 4 nitrogen and oxygen atoms in total. The number of hydrogen-bond donors (Lipinski definition) is 1. The maximum atomic E-state index is 11.6. The number of pyridine rings is 1. The highest BCUT2D eigenvalue weighted by molar-refractivity contribution is 5.80. The summed E-state index contributed by atoms with van der Waals surface area (Å²) in [6.07, 6.45) is 3.94. The van der Waals surface area contributed by atoms with Crippen LogP contribution in [0.25, 0.3) is 10.9 Å². The van der Waals surface area contributed by atoms with Crippen molar-refractivity contribution in [1.29, 1.82) is 0 Å². The molecule has 2 aliphatic heterocycles. The quantitative estimate of drug-likeness (QED) is 0.741. The molecular weight excluding hydrogens is 348 g/mol. The fourth-order valence-electron chi connectivity index (χ4n) is 5.11. The summed E-state index contributed by atoms with van der Waals surface area (Å²) < 4.78 is 5.22. The van der Waals surface area contributed by atoms with Crippen molar-refractivity contribution in [2.45, 2.75) is 49.9 Å². The number of piperidine rings is 1. The van der Waals surface area contributed by atoms with E-state index in [1.54, 1.807) is 7.11 Å². The number of nitrogens with zero attached hydrogens (tertiary/aromatic N) is 2. The molecule has 2 bridgehead atoms. The maximum absolute atomic E-state index is 11.6. The minimum absolute atomic E-state index is 0.439. The molecule has 28 heavy (non-hydrogen) atoms. The Hall–Kier alpha value is -2.43. The average molecular weight is 374 g/mol. The number of hydrogen-bond acceptors (Lipinski definition) is 4. The number of rotatable bonds is 4. The van der Waals surface area contributed by atoms with E-state index in [0.29, 0.717) is 18.0 Å². The Kier molecular flexibility index (Phi) is 4.33. The molecule has 0 aliphatic carbocycles. The minimum Gasteiger partial charge on any atom is -0.481 e. The fourth-order valence-corrected chi connectivity index (χ4v) is 5.11. The highest BCUT2D eigenvalue weighted by atomic mass is 16.5. The van der Waals surface area contributed by atoms with Gasteiger partial charge >= 0.3 is 0 Å². The summed E-state index contributed by atoms with van der Waals surface area (Å²) in [6, 6.07) is 21.6. The van der Waals surface area contributed by atoms with Gasteiger partial charge in [0.05, 0.1) is 18.2 Å². The zero-order valence-electron chi connectivity index (χ0n) is 16.2. The van der Waals surface area contributed by atoms with E-state index in [2.05, 4.69) is 46.3 Å². The highest BCUT2D eigenvalue weighted by Crippen LogP contribution is 2.46. The molecule has 2 fully saturated rings. The first-order valence-corrected chi connectivity index (χ1v) is 10.1. The van der Waals surface area contributed by atoms with Crippen LogP contribution in [0.5, 0.6) is 5.88 Å². The van der Waals surface area contributed by atoms with Gasteiger partial charge in [-0.1, -0.05) is 36.4 Å². The standard InChI is InChI=1S/C24H26N2O2/c1-28-23-12-7-18-13-19(8-11-22(18)25-23)24(27)14-20-9-10-21(15-24)26(20)16-17-5-3-2-4-6-17/h2-8,11-13,20-21,27H,9-10,14-16H2,1H3. The van der Waals surface area contributed by atoms with E-state index in [-0.39, 0.29) is 0 Å². The smallest absolute Gasteiger partial charge is 0.213 e. The van der Waals surface area contributed by atoms with Gasteiger partial charge in [-0.05, 0) is 55.0 Å².